The van der Waals surface area contributed by atoms with E-state index < -0.39 is 57.8 Å². The molecule has 408 valence electrons. The highest BCUT2D eigenvalue weighted by Gasteiger charge is 2.28. The fraction of sp³-hybridized carbons (Fsp3) is 0.810. The molecule has 0 rings (SSSR count). The van der Waals surface area contributed by atoms with E-state index >= 15 is 0 Å². The molecule has 70 heavy (non-hydrogen) atoms. The van der Waals surface area contributed by atoms with Gasteiger partial charge in [-0.2, -0.15) is 0 Å². The van der Waals surface area contributed by atoms with Gasteiger partial charge in [0.1, 0.15) is 12.7 Å². The monoisotopic (exact) mass is 1010 g/mol. The summed E-state index contributed by atoms with van der Waals surface area (Å²) < 4.78 is 39.4. The average Bonchev–Trinajstić information content (AvgIpc) is 3.35. The van der Waals surface area contributed by atoms with Crippen molar-refractivity contribution in [3.8, 4) is 0 Å². The number of phosphoric ester groups is 1. The molecular formula is C58H105O11P. The van der Waals surface area contributed by atoms with Crippen LogP contribution < -0.4 is 0 Å². The predicted octanol–water partition coefficient (Wildman–Crippen LogP) is 16.6. The highest BCUT2D eigenvalue weighted by molar-refractivity contribution is 7.47. The quantitative estimate of drug-likeness (QED) is 0.0197. The van der Waals surface area contributed by atoms with Crippen LogP contribution in [0.15, 0.2) is 48.6 Å². The first-order valence-corrected chi connectivity index (χ1v) is 30.0. The van der Waals surface area contributed by atoms with E-state index in [1.807, 2.05) is 0 Å². The first kappa shape index (κ1) is 67.4. The van der Waals surface area contributed by atoms with Crippen molar-refractivity contribution in [3.05, 3.63) is 48.6 Å². The maximum Gasteiger partial charge on any atom is 0.472 e. The second kappa shape index (κ2) is 52.8. The minimum Gasteiger partial charge on any atom is -0.462 e. The Balaban J connectivity index is 4.74. The number of ether oxygens (including phenoxy) is 3. The molecule has 0 amide bonds. The molecule has 0 saturated heterocycles. The molecule has 0 radical (unpaired) electrons. The zero-order chi connectivity index (χ0) is 51.3. The van der Waals surface area contributed by atoms with Gasteiger partial charge in [0.2, 0.25) is 0 Å². The lowest BCUT2D eigenvalue weighted by Gasteiger charge is -2.21. The van der Waals surface area contributed by atoms with Crippen molar-refractivity contribution in [2.45, 2.75) is 277 Å². The fourth-order valence-electron chi connectivity index (χ4n) is 7.77. The summed E-state index contributed by atoms with van der Waals surface area (Å²) in [5.74, 6) is -1.49. The van der Waals surface area contributed by atoms with Crippen LogP contribution in [0.4, 0.5) is 0 Å². The summed E-state index contributed by atoms with van der Waals surface area (Å²) in [4.78, 5) is 48.4. The second-order valence-electron chi connectivity index (χ2n) is 19.1. The fourth-order valence-corrected chi connectivity index (χ4v) is 8.56. The molecule has 0 heterocycles. The van der Waals surface area contributed by atoms with Crippen LogP contribution in [0.5, 0.6) is 0 Å². The average molecular weight is 1010 g/mol. The third-order valence-corrected chi connectivity index (χ3v) is 13.1. The summed E-state index contributed by atoms with van der Waals surface area (Å²) in [5.41, 5.74) is 0. The number of carbonyl (C=O) groups excluding carboxylic acids is 3. The number of hydrogen-bond acceptors (Lipinski definition) is 10. The number of hydrogen-bond donors (Lipinski definition) is 2. The van der Waals surface area contributed by atoms with Crippen molar-refractivity contribution >= 4 is 25.7 Å². The summed E-state index contributed by atoms with van der Waals surface area (Å²) in [6.45, 7) is 4.56. The van der Waals surface area contributed by atoms with Crippen LogP contribution in [0.1, 0.15) is 265 Å². The third kappa shape index (κ3) is 50.4. The molecule has 0 bridgehead atoms. The minimum atomic E-state index is -4.75. The Morgan fingerprint density at radius 2 is 0.714 bits per heavy atom. The molecule has 0 aromatic carbocycles. The van der Waals surface area contributed by atoms with E-state index in [0.29, 0.717) is 19.3 Å². The Hall–Kier alpha value is -2.56. The lowest BCUT2D eigenvalue weighted by molar-refractivity contribution is -0.161. The summed E-state index contributed by atoms with van der Waals surface area (Å²) >= 11 is 0. The standard InChI is InChI=1S/C58H105O11P/c1-4-7-10-13-16-19-22-24-26-27-29-30-33-35-38-41-44-47-56(60)65-51-55(69-58(62)49-46-43-40-37-34-31-28-25-23-20-17-14-11-8-5-2)53-67-70(63,64)66-52-54(50-59)68-57(61)48-45-42-39-36-32-21-18-15-12-9-6-3/h15,17-18,20,24-26,28,54-55,59H,4-14,16,19,21-23,27,29-53H2,1-3H3,(H,63,64)/b18-15-,20-17-,26-24-,28-25-. The molecule has 0 fully saturated rings. The molecule has 12 heteroatoms. The Morgan fingerprint density at radius 3 is 1.14 bits per heavy atom. The van der Waals surface area contributed by atoms with E-state index in [2.05, 4.69) is 69.4 Å². The normalized spacial score (nSPS) is 13.7. The zero-order valence-electron chi connectivity index (χ0n) is 45.0. The zero-order valence-corrected chi connectivity index (χ0v) is 45.9. The predicted molar refractivity (Wildman–Crippen MR) is 289 cm³/mol. The van der Waals surface area contributed by atoms with E-state index in [4.69, 9.17) is 23.3 Å². The molecule has 2 N–H and O–H groups in total. The highest BCUT2D eigenvalue weighted by atomic mass is 31.2. The van der Waals surface area contributed by atoms with Gasteiger partial charge in [-0.3, -0.25) is 23.4 Å². The molecule has 0 aromatic heterocycles. The highest BCUT2D eigenvalue weighted by Crippen LogP contribution is 2.43. The third-order valence-electron chi connectivity index (χ3n) is 12.2. The number of unbranched alkanes of at least 4 members (excludes halogenated alkanes) is 28. The number of esters is 3. The maximum absolute atomic E-state index is 12.9. The van der Waals surface area contributed by atoms with Crippen LogP contribution in [0.25, 0.3) is 0 Å². The summed E-state index contributed by atoms with van der Waals surface area (Å²) in [6, 6.07) is 0. The van der Waals surface area contributed by atoms with E-state index in [1.165, 1.54) is 96.3 Å². The Kier molecular flexibility index (Phi) is 50.8. The van der Waals surface area contributed by atoms with Crippen molar-refractivity contribution in [3.63, 3.8) is 0 Å². The van der Waals surface area contributed by atoms with E-state index in [-0.39, 0.29) is 25.9 Å². The van der Waals surface area contributed by atoms with Gasteiger partial charge in [0.25, 0.3) is 0 Å². The van der Waals surface area contributed by atoms with Gasteiger partial charge in [-0.15, -0.1) is 0 Å². The van der Waals surface area contributed by atoms with E-state index in [1.54, 1.807) is 0 Å². The molecule has 0 spiro atoms. The lowest BCUT2D eigenvalue weighted by Crippen LogP contribution is -2.30. The topological polar surface area (TPSA) is 155 Å². The summed E-state index contributed by atoms with van der Waals surface area (Å²) in [7, 11) is -4.75. The van der Waals surface area contributed by atoms with Crippen LogP contribution in [-0.4, -0.2) is 66.5 Å². The van der Waals surface area contributed by atoms with Gasteiger partial charge in [0.15, 0.2) is 6.10 Å². The van der Waals surface area contributed by atoms with Crippen molar-refractivity contribution in [2.75, 3.05) is 26.4 Å². The Labute approximate surface area is 428 Å². The van der Waals surface area contributed by atoms with Gasteiger partial charge in [-0.05, 0) is 96.3 Å². The molecule has 0 aromatic rings. The first-order chi connectivity index (χ1) is 34.2. The van der Waals surface area contributed by atoms with Crippen molar-refractivity contribution < 1.29 is 52.2 Å². The number of rotatable bonds is 53. The van der Waals surface area contributed by atoms with E-state index in [9.17, 15) is 28.9 Å². The molecule has 11 nitrogen and oxygen atoms in total. The van der Waals surface area contributed by atoms with Gasteiger partial charge in [-0.1, -0.05) is 198 Å². The number of phosphoric acid groups is 1. The summed E-state index contributed by atoms with van der Waals surface area (Å²) in [6.07, 6.45) is 55.0. The van der Waals surface area contributed by atoms with Crippen LogP contribution in [0.2, 0.25) is 0 Å². The van der Waals surface area contributed by atoms with Gasteiger partial charge in [0, 0.05) is 19.3 Å². The van der Waals surface area contributed by atoms with Gasteiger partial charge in [0.05, 0.1) is 19.8 Å². The van der Waals surface area contributed by atoms with Crippen molar-refractivity contribution in [2.24, 2.45) is 0 Å². The Bertz CT molecular complexity index is 1360. The number of carbonyl (C=O) groups is 3. The Morgan fingerprint density at radius 1 is 0.400 bits per heavy atom. The molecule has 0 aliphatic carbocycles. The van der Waals surface area contributed by atoms with Crippen LogP contribution in [-0.2, 0) is 42.2 Å². The van der Waals surface area contributed by atoms with Crippen LogP contribution >= 0.6 is 7.82 Å². The molecule has 3 unspecified atom stereocenters. The molecule has 0 aliphatic rings. The van der Waals surface area contributed by atoms with E-state index in [0.717, 1.165) is 109 Å². The summed E-state index contributed by atoms with van der Waals surface area (Å²) in [5, 5.41) is 9.78. The maximum atomic E-state index is 12.9. The van der Waals surface area contributed by atoms with Gasteiger partial charge in [-0.25, -0.2) is 4.57 Å². The number of aliphatic hydroxyl groups is 1. The molecule has 3 atom stereocenters. The first-order valence-electron chi connectivity index (χ1n) is 28.5. The SMILES string of the molecule is CCCC/C=C\CCCCCCCC(=O)OC(CO)COP(=O)(O)OCC(COC(=O)CCCCCCCCC/C=C\CCCCCCCC)OC(=O)CCCCCCC/C=C\C/C=C\CCCCC. The number of allylic oxidation sites excluding steroid dienone is 8. The smallest absolute Gasteiger partial charge is 0.462 e. The second-order valence-corrected chi connectivity index (χ2v) is 20.5. The minimum absolute atomic E-state index is 0.151. The van der Waals surface area contributed by atoms with Crippen LogP contribution in [0, 0.1) is 0 Å². The van der Waals surface area contributed by atoms with Crippen molar-refractivity contribution in [1.82, 2.24) is 0 Å². The van der Waals surface area contributed by atoms with Crippen molar-refractivity contribution in [1.29, 1.82) is 0 Å². The van der Waals surface area contributed by atoms with Crippen LogP contribution in [0.3, 0.4) is 0 Å². The van der Waals surface area contributed by atoms with Gasteiger partial charge >= 0.3 is 25.7 Å². The number of aliphatic hydroxyl groups excluding tert-OH is 1. The molecular weight excluding hydrogens is 904 g/mol. The lowest BCUT2D eigenvalue weighted by atomic mass is 10.1. The molecule has 0 aliphatic heterocycles. The largest absolute Gasteiger partial charge is 0.472 e. The molecule has 0 saturated carbocycles. The van der Waals surface area contributed by atoms with Gasteiger partial charge < -0.3 is 24.2 Å².